The summed E-state index contributed by atoms with van der Waals surface area (Å²) in [7, 11) is 2.22. The number of piperidine rings is 1. The second-order valence-corrected chi connectivity index (χ2v) is 5.87. The molecular weight excluding hydrogens is 234 g/mol. The van der Waals surface area contributed by atoms with Gasteiger partial charge in [0.2, 0.25) is 0 Å². The molecule has 2 heterocycles. The lowest BCUT2D eigenvalue weighted by atomic mass is 9.94. The molecule has 0 bridgehead atoms. The predicted molar refractivity (Wildman–Crippen MR) is 80.2 cm³/mol. The molecule has 3 heteroatoms. The van der Waals surface area contributed by atoms with E-state index in [0.29, 0.717) is 6.04 Å². The van der Waals surface area contributed by atoms with Gasteiger partial charge in [-0.1, -0.05) is 19.1 Å². The first-order valence-electron chi connectivity index (χ1n) is 7.21. The van der Waals surface area contributed by atoms with Gasteiger partial charge in [0.25, 0.3) is 0 Å². The molecule has 2 atom stereocenters. The van der Waals surface area contributed by atoms with Gasteiger partial charge >= 0.3 is 0 Å². The maximum Gasteiger partial charge on any atom is 0.0457 e. The molecule has 19 heavy (non-hydrogen) atoms. The third kappa shape index (κ3) is 2.67. The summed E-state index contributed by atoms with van der Waals surface area (Å²) >= 11 is 0. The molecule has 1 fully saturated rings. The first kappa shape index (κ1) is 12.7. The van der Waals surface area contributed by atoms with Crippen LogP contribution < -0.4 is 5.32 Å². The quantitative estimate of drug-likeness (QED) is 0.885. The minimum absolute atomic E-state index is 0.644. The Bertz CT molecular complexity index is 546. The number of H-pyrrole nitrogens is 1. The number of likely N-dealkylation sites (tertiary alicyclic amines) is 1. The van der Waals surface area contributed by atoms with Crippen LogP contribution in [0.25, 0.3) is 10.9 Å². The summed E-state index contributed by atoms with van der Waals surface area (Å²) in [6, 6.07) is 9.31. The van der Waals surface area contributed by atoms with E-state index in [4.69, 9.17) is 0 Å². The van der Waals surface area contributed by atoms with E-state index < -0.39 is 0 Å². The molecule has 0 saturated carbocycles. The zero-order valence-electron chi connectivity index (χ0n) is 11.8. The summed E-state index contributed by atoms with van der Waals surface area (Å²) in [5, 5.41) is 5.09. The first-order valence-corrected chi connectivity index (χ1v) is 7.21. The highest BCUT2D eigenvalue weighted by atomic mass is 15.1. The number of rotatable bonds is 3. The first-order chi connectivity index (χ1) is 9.24. The fourth-order valence-corrected chi connectivity index (χ4v) is 3.20. The van der Waals surface area contributed by atoms with Crippen molar-refractivity contribution in [2.24, 2.45) is 5.92 Å². The van der Waals surface area contributed by atoms with Crippen LogP contribution in [0.1, 0.15) is 18.9 Å². The molecule has 1 aromatic carbocycles. The molecule has 1 aliphatic rings. The molecule has 0 amide bonds. The number of nitrogens with one attached hydrogen (secondary N) is 2. The second kappa shape index (κ2) is 5.35. The van der Waals surface area contributed by atoms with Gasteiger partial charge in [0.05, 0.1) is 0 Å². The highest BCUT2D eigenvalue weighted by molar-refractivity contribution is 5.82. The SMILES string of the molecule is CC1CN(C)CCC1NCc1cccc2[nH]ccc12. The van der Waals surface area contributed by atoms with Gasteiger partial charge in [0, 0.05) is 36.2 Å². The van der Waals surface area contributed by atoms with E-state index in [1.807, 2.05) is 6.20 Å². The number of hydrogen-bond acceptors (Lipinski definition) is 2. The molecule has 2 aromatic rings. The highest BCUT2D eigenvalue weighted by Gasteiger charge is 2.23. The molecule has 102 valence electrons. The summed E-state index contributed by atoms with van der Waals surface area (Å²) in [6.07, 6.45) is 3.27. The van der Waals surface area contributed by atoms with Crippen molar-refractivity contribution in [1.29, 1.82) is 0 Å². The summed E-state index contributed by atoms with van der Waals surface area (Å²) in [5.41, 5.74) is 2.63. The van der Waals surface area contributed by atoms with Gasteiger partial charge in [-0.25, -0.2) is 0 Å². The van der Waals surface area contributed by atoms with Crippen molar-refractivity contribution < 1.29 is 0 Å². The minimum atomic E-state index is 0.644. The molecule has 3 nitrogen and oxygen atoms in total. The lowest BCUT2D eigenvalue weighted by Crippen LogP contribution is -2.46. The van der Waals surface area contributed by atoms with E-state index in [2.05, 4.69) is 53.4 Å². The molecule has 3 rings (SSSR count). The largest absolute Gasteiger partial charge is 0.361 e. The van der Waals surface area contributed by atoms with E-state index in [9.17, 15) is 0 Å². The van der Waals surface area contributed by atoms with Crippen LogP contribution in [0, 0.1) is 5.92 Å². The van der Waals surface area contributed by atoms with E-state index >= 15 is 0 Å². The Hall–Kier alpha value is -1.32. The average Bonchev–Trinajstić information content (AvgIpc) is 2.86. The molecular formula is C16H23N3. The Balaban J connectivity index is 1.67. The van der Waals surface area contributed by atoms with Crippen LogP contribution in [0.15, 0.2) is 30.5 Å². The Morgan fingerprint density at radius 2 is 2.26 bits per heavy atom. The Morgan fingerprint density at radius 3 is 3.11 bits per heavy atom. The molecule has 1 aromatic heterocycles. The normalized spacial score (nSPS) is 24.9. The lowest BCUT2D eigenvalue weighted by Gasteiger charge is -2.35. The van der Waals surface area contributed by atoms with Crippen LogP contribution in [-0.4, -0.2) is 36.1 Å². The van der Waals surface area contributed by atoms with E-state index in [-0.39, 0.29) is 0 Å². The van der Waals surface area contributed by atoms with Crippen LogP contribution in [0.3, 0.4) is 0 Å². The standard InChI is InChI=1S/C16H23N3/c1-12-11-19(2)9-7-15(12)18-10-13-4-3-5-16-14(13)6-8-17-16/h3-6,8,12,15,17-18H,7,9-11H2,1-2H3. The number of benzene rings is 1. The van der Waals surface area contributed by atoms with Crippen molar-refractivity contribution in [3.63, 3.8) is 0 Å². The molecule has 0 aliphatic carbocycles. The summed E-state index contributed by atoms with van der Waals surface area (Å²) in [5.74, 6) is 0.726. The fraction of sp³-hybridized carbons (Fsp3) is 0.500. The van der Waals surface area contributed by atoms with Crippen molar-refractivity contribution in [2.75, 3.05) is 20.1 Å². The van der Waals surface area contributed by atoms with Gasteiger partial charge in [0.1, 0.15) is 0 Å². The van der Waals surface area contributed by atoms with E-state index in [0.717, 1.165) is 12.5 Å². The number of aromatic nitrogens is 1. The molecule has 2 N–H and O–H groups in total. The molecule has 0 spiro atoms. The smallest absolute Gasteiger partial charge is 0.0457 e. The highest BCUT2D eigenvalue weighted by Crippen LogP contribution is 2.19. The Morgan fingerprint density at radius 1 is 1.37 bits per heavy atom. The molecule has 0 radical (unpaired) electrons. The maximum atomic E-state index is 3.75. The molecule has 2 unspecified atom stereocenters. The second-order valence-electron chi connectivity index (χ2n) is 5.87. The van der Waals surface area contributed by atoms with Crippen molar-refractivity contribution in [2.45, 2.75) is 25.9 Å². The van der Waals surface area contributed by atoms with Crippen LogP contribution >= 0.6 is 0 Å². The van der Waals surface area contributed by atoms with Gasteiger partial charge in [-0.05, 0) is 43.6 Å². The fourth-order valence-electron chi connectivity index (χ4n) is 3.20. The number of nitrogens with zero attached hydrogens (tertiary/aromatic N) is 1. The number of fused-ring (bicyclic) bond motifs is 1. The Kier molecular flexibility index (Phi) is 3.58. The van der Waals surface area contributed by atoms with Crippen molar-refractivity contribution in [3.05, 3.63) is 36.0 Å². The van der Waals surface area contributed by atoms with Crippen molar-refractivity contribution in [3.8, 4) is 0 Å². The van der Waals surface area contributed by atoms with Gasteiger partial charge in [-0.15, -0.1) is 0 Å². The van der Waals surface area contributed by atoms with Gasteiger partial charge in [-0.2, -0.15) is 0 Å². The summed E-state index contributed by atoms with van der Waals surface area (Å²) < 4.78 is 0. The van der Waals surface area contributed by atoms with Crippen molar-refractivity contribution >= 4 is 10.9 Å². The summed E-state index contributed by atoms with van der Waals surface area (Å²) in [6.45, 7) is 5.72. The van der Waals surface area contributed by atoms with Crippen LogP contribution in [0.5, 0.6) is 0 Å². The molecule has 1 aliphatic heterocycles. The maximum absolute atomic E-state index is 3.75. The molecule has 1 saturated heterocycles. The Labute approximate surface area is 115 Å². The van der Waals surface area contributed by atoms with Crippen LogP contribution in [-0.2, 0) is 6.54 Å². The average molecular weight is 257 g/mol. The number of aromatic amines is 1. The monoisotopic (exact) mass is 257 g/mol. The number of hydrogen-bond donors (Lipinski definition) is 2. The zero-order valence-corrected chi connectivity index (χ0v) is 11.8. The van der Waals surface area contributed by atoms with Gasteiger partial charge in [-0.3, -0.25) is 0 Å². The third-order valence-electron chi connectivity index (χ3n) is 4.35. The van der Waals surface area contributed by atoms with E-state index in [1.54, 1.807) is 0 Å². The summed E-state index contributed by atoms with van der Waals surface area (Å²) in [4.78, 5) is 5.70. The third-order valence-corrected chi connectivity index (χ3v) is 4.35. The predicted octanol–water partition coefficient (Wildman–Crippen LogP) is 2.60. The van der Waals surface area contributed by atoms with Gasteiger partial charge in [0.15, 0.2) is 0 Å². The minimum Gasteiger partial charge on any atom is -0.361 e. The van der Waals surface area contributed by atoms with Crippen LogP contribution in [0.4, 0.5) is 0 Å². The van der Waals surface area contributed by atoms with Crippen molar-refractivity contribution in [1.82, 2.24) is 15.2 Å². The van der Waals surface area contributed by atoms with Gasteiger partial charge < -0.3 is 15.2 Å². The lowest BCUT2D eigenvalue weighted by molar-refractivity contribution is 0.174. The zero-order chi connectivity index (χ0) is 13.2. The van der Waals surface area contributed by atoms with Crippen LogP contribution in [0.2, 0.25) is 0 Å². The topological polar surface area (TPSA) is 31.1 Å². The van der Waals surface area contributed by atoms with E-state index in [1.165, 1.54) is 36.0 Å².